The van der Waals surface area contributed by atoms with Crippen LogP contribution < -0.4 is 4.90 Å². The van der Waals surface area contributed by atoms with E-state index in [9.17, 15) is 4.79 Å². The second kappa shape index (κ2) is 7.15. The maximum atomic E-state index is 12.8. The van der Waals surface area contributed by atoms with Crippen molar-refractivity contribution in [2.75, 3.05) is 37.6 Å². The molecule has 4 heterocycles. The molecular weight excluding hydrogens is 328 g/mol. The minimum Gasteiger partial charge on any atom is -0.354 e. The molecule has 2 fully saturated rings. The molecule has 138 valence electrons. The number of carbonyl (C=O) groups is 1. The number of piperazine rings is 1. The van der Waals surface area contributed by atoms with Gasteiger partial charge in [0.05, 0.1) is 6.04 Å². The largest absolute Gasteiger partial charge is 0.354 e. The van der Waals surface area contributed by atoms with Crippen LogP contribution in [0.15, 0.2) is 24.5 Å². The summed E-state index contributed by atoms with van der Waals surface area (Å²) in [6.45, 7) is 8.65. The normalized spacial score (nSPS) is 22.4. The average molecular weight is 354 g/mol. The number of piperidine rings is 1. The van der Waals surface area contributed by atoms with Gasteiger partial charge in [0.25, 0.3) is 0 Å². The van der Waals surface area contributed by atoms with Crippen LogP contribution >= 0.6 is 0 Å². The number of amides is 1. The Morgan fingerprint density at radius 2 is 1.81 bits per heavy atom. The third-order valence-corrected chi connectivity index (χ3v) is 5.46. The predicted molar refractivity (Wildman–Crippen MR) is 101 cm³/mol. The van der Waals surface area contributed by atoms with E-state index in [0.717, 1.165) is 56.9 Å². The molecule has 2 aliphatic rings. The van der Waals surface area contributed by atoms with Gasteiger partial charge in [-0.15, -0.1) is 0 Å². The van der Waals surface area contributed by atoms with Crippen molar-refractivity contribution in [1.29, 1.82) is 0 Å². The lowest BCUT2D eigenvalue weighted by atomic mass is 10.0. The summed E-state index contributed by atoms with van der Waals surface area (Å²) in [5, 5.41) is 0. The van der Waals surface area contributed by atoms with Crippen molar-refractivity contribution in [3.05, 3.63) is 24.5 Å². The van der Waals surface area contributed by atoms with Crippen molar-refractivity contribution in [2.45, 2.75) is 38.8 Å². The van der Waals surface area contributed by atoms with Gasteiger partial charge in [-0.1, -0.05) is 0 Å². The smallest absolute Gasteiger partial charge is 0.240 e. The Morgan fingerprint density at radius 3 is 2.58 bits per heavy atom. The monoisotopic (exact) mass is 354 g/mol. The van der Waals surface area contributed by atoms with Gasteiger partial charge in [-0.05, 0) is 38.8 Å². The fraction of sp³-hybridized carbons (Fsp3) is 0.579. The van der Waals surface area contributed by atoms with E-state index in [1.54, 1.807) is 12.4 Å². The Hall–Kier alpha value is -2.28. The number of carbonyl (C=O) groups excluding carboxylic acids is 1. The van der Waals surface area contributed by atoms with Crippen LogP contribution in [0.1, 0.15) is 26.7 Å². The Labute approximate surface area is 154 Å². The van der Waals surface area contributed by atoms with E-state index in [1.807, 2.05) is 17.0 Å². The molecule has 1 amide bonds. The van der Waals surface area contributed by atoms with Gasteiger partial charge < -0.3 is 9.80 Å². The van der Waals surface area contributed by atoms with Crippen LogP contribution in [0.3, 0.4) is 0 Å². The Morgan fingerprint density at radius 1 is 1.04 bits per heavy atom. The number of pyridine rings is 1. The van der Waals surface area contributed by atoms with Crippen LogP contribution in [0.4, 0.5) is 5.82 Å². The molecule has 7 heteroatoms. The molecule has 7 nitrogen and oxygen atoms in total. The summed E-state index contributed by atoms with van der Waals surface area (Å²) in [5.41, 5.74) is 1.50. The Kier molecular flexibility index (Phi) is 4.72. The molecule has 2 aromatic rings. The average Bonchev–Trinajstić information content (AvgIpc) is 2.68. The van der Waals surface area contributed by atoms with E-state index in [0.29, 0.717) is 11.6 Å². The van der Waals surface area contributed by atoms with Gasteiger partial charge in [-0.2, -0.15) is 0 Å². The van der Waals surface area contributed by atoms with Crippen LogP contribution in [0.5, 0.6) is 0 Å². The molecule has 0 N–H and O–H groups in total. The van der Waals surface area contributed by atoms with Gasteiger partial charge in [0.15, 0.2) is 5.65 Å². The first-order chi connectivity index (χ1) is 12.6. The number of aromatic nitrogens is 3. The predicted octanol–water partition coefficient (Wildman–Crippen LogP) is 1.55. The summed E-state index contributed by atoms with van der Waals surface area (Å²) >= 11 is 0. The maximum absolute atomic E-state index is 12.8. The van der Waals surface area contributed by atoms with E-state index in [1.165, 1.54) is 0 Å². The summed E-state index contributed by atoms with van der Waals surface area (Å²) in [6, 6.07) is 4.32. The number of rotatable bonds is 3. The van der Waals surface area contributed by atoms with Crippen LogP contribution in [0, 0.1) is 0 Å². The molecule has 0 bridgehead atoms. The highest BCUT2D eigenvalue weighted by Gasteiger charge is 2.35. The van der Waals surface area contributed by atoms with Gasteiger partial charge in [0.2, 0.25) is 5.91 Å². The highest BCUT2D eigenvalue weighted by molar-refractivity contribution is 5.83. The first-order valence-electron chi connectivity index (χ1n) is 9.51. The number of likely N-dealkylation sites (tertiary alicyclic amines) is 1. The molecule has 0 radical (unpaired) electrons. The molecule has 0 aromatic carbocycles. The van der Waals surface area contributed by atoms with Gasteiger partial charge in [0.1, 0.15) is 11.3 Å². The van der Waals surface area contributed by atoms with Crippen LogP contribution in [0.25, 0.3) is 11.2 Å². The highest BCUT2D eigenvalue weighted by atomic mass is 16.2. The SMILES string of the molecule is CC(C)N1CCC[C@H](N2CCN(c3ccc4nccnc4n3)CC2)C1=O. The molecule has 0 saturated carbocycles. The molecule has 0 spiro atoms. The molecule has 2 saturated heterocycles. The topological polar surface area (TPSA) is 65.5 Å². The molecule has 0 unspecified atom stereocenters. The van der Waals surface area contributed by atoms with Gasteiger partial charge >= 0.3 is 0 Å². The Balaban J connectivity index is 1.42. The zero-order chi connectivity index (χ0) is 18.1. The van der Waals surface area contributed by atoms with Crippen molar-refractivity contribution in [3.8, 4) is 0 Å². The number of anilines is 1. The van der Waals surface area contributed by atoms with Crippen molar-refractivity contribution in [1.82, 2.24) is 24.8 Å². The lowest BCUT2D eigenvalue weighted by Gasteiger charge is -2.43. The lowest BCUT2D eigenvalue weighted by molar-refractivity contribution is -0.142. The summed E-state index contributed by atoms with van der Waals surface area (Å²) in [5.74, 6) is 1.25. The zero-order valence-electron chi connectivity index (χ0n) is 15.5. The third kappa shape index (κ3) is 3.23. The van der Waals surface area contributed by atoms with E-state index in [-0.39, 0.29) is 12.1 Å². The number of hydrogen-bond donors (Lipinski definition) is 0. The third-order valence-electron chi connectivity index (χ3n) is 5.46. The van der Waals surface area contributed by atoms with Gasteiger partial charge in [-0.3, -0.25) is 14.7 Å². The number of nitrogens with zero attached hydrogens (tertiary/aromatic N) is 6. The summed E-state index contributed by atoms with van der Waals surface area (Å²) in [7, 11) is 0. The van der Waals surface area contributed by atoms with Gasteiger partial charge in [0, 0.05) is 51.2 Å². The summed E-state index contributed by atoms with van der Waals surface area (Å²) in [4.78, 5) is 32.7. The minimum absolute atomic E-state index is 0.0451. The molecule has 1 atom stereocenters. The van der Waals surface area contributed by atoms with Crippen molar-refractivity contribution in [3.63, 3.8) is 0 Å². The molecule has 2 aromatic heterocycles. The molecule has 0 aliphatic carbocycles. The van der Waals surface area contributed by atoms with E-state index >= 15 is 0 Å². The number of hydrogen-bond acceptors (Lipinski definition) is 6. The first kappa shape index (κ1) is 17.1. The molecular formula is C19H26N6O. The van der Waals surface area contributed by atoms with E-state index in [2.05, 4.69) is 38.6 Å². The fourth-order valence-corrected chi connectivity index (χ4v) is 4.01. The summed E-state index contributed by atoms with van der Waals surface area (Å²) in [6.07, 6.45) is 5.43. The van der Waals surface area contributed by atoms with Crippen LogP contribution in [0.2, 0.25) is 0 Å². The van der Waals surface area contributed by atoms with Crippen molar-refractivity contribution >= 4 is 22.9 Å². The van der Waals surface area contributed by atoms with Crippen LogP contribution in [-0.4, -0.2) is 75.5 Å². The number of fused-ring (bicyclic) bond motifs is 1. The van der Waals surface area contributed by atoms with Crippen molar-refractivity contribution in [2.24, 2.45) is 0 Å². The quantitative estimate of drug-likeness (QED) is 0.833. The maximum Gasteiger partial charge on any atom is 0.240 e. The standard InChI is InChI=1S/C19H26N6O/c1-14(2)25-9-3-4-16(19(25)26)23-10-12-24(13-11-23)17-6-5-15-18(22-17)21-8-7-20-15/h5-8,14,16H,3-4,9-13H2,1-2H3/t16-/m0/s1. The second-order valence-electron chi connectivity index (χ2n) is 7.37. The lowest BCUT2D eigenvalue weighted by Crippen LogP contribution is -2.58. The fourth-order valence-electron chi connectivity index (χ4n) is 4.01. The summed E-state index contributed by atoms with van der Waals surface area (Å²) < 4.78 is 0. The minimum atomic E-state index is 0.0451. The first-order valence-corrected chi connectivity index (χ1v) is 9.51. The van der Waals surface area contributed by atoms with E-state index < -0.39 is 0 Å². The van der Waals surface area contributed by atoms with Crippen molar-refractivity contribution < 1.29 is 4.79 Å². The molecule has 2 aliphatic heterocycles. The Bertz CT molecular complexity index is 786. The molecule has 26 heavy (non-hydrogen) atoms. The molecule has 4 rings (SSSR count). The van der Waals surface area contributed by atoms with E-state index in [4.69, 9.17) is 0 Å². The second-order valence-corrected chi connectivity index (χ2v) is 7.37. The van der Waals surface area contributed by atoms with Gasteiger partial charge in [-0.25, -0.2) is 9.97 Å². The zero-order valence-corrected chi connectivity index (χ0v) is 15.5. The highest BCUT2D eigenvalue weighted by Crippen LogP contribution is 2.22. The van der Waals surface area contributed by atoms with Crippen LogP contribution in [-0.2, 0) is 4.79 Å².